The molecular weight excluding hydrogens is 460 g/mol. The van der Waals surface area contributed by atoms with Gasteiger partial charge in [0.15, 0.2) is 0 Å². The lowest BCUT2D eigenvalue weighted by Crippen LogP contribution is -2.50. The van der Waals surface area contributed by atoms with Gasteiger partial charge in [-0.15, -0.1) is 0 Å². The third kappa shape index (κ3) is 3.33. The predicted molar refractivity (Wildman–Crippen MR) is 144 cm³/mol. The molecule has 4 aliphatic carbocycles. The van der Waals surface area contributed by atoms with Crippen LogP contribution in [0.25, 0.3) is 16.7 Å². The fraction of sp³-hybridized carbons (Fsp3) is 0.516. The number of imidazole rings is 2. The van der Waals surface area contributed by atoms with Crippen molar-refractivity contribution in [2.45, 2.75) is 71.8 Å². The second-order valence-electron chi connectivity index (χ2n) is 12.2. The van der Waals surface area contributed by atoms with Crippen molar-refractivity contribution < 1.29 is 9.53 Å². The van der Waals surface area contributed by atoms with Crippen LogP contribution in [0.5, 0.6) is 0 Å². The van der Waals surface area contributed by atoms with Crippen molar-refractivity contribution in [3.63, 3.8) is 0 Å². The Kier molecular flexibility index (Phi) is 5.08. The van der Waals surface area contributed by atoms with E-state index in [0.29, 0.717) is 23.6 Å². The quantitative estimate of drug-likeness (QED) is 0.358. The molecule has 6 nitrogen and oxygen atoms in total. The third-order valence-corrected chi connectivity index (χ3v) is 10.6. The molecule has 0 unspecified atom stereocenters. The third-order valence-electron chi connectivity index (χ3n) is 10.6. The summed E-state index contributed by atoms with van der Waals surface area (Å²) >= 11 is 0. The average Bonchev–Trinajstić information content (AvgIpc) is 3.60. The van der Waals surface area contributed by atoms with E-state index in [1.807, 2.05) is 13.3 Å². The fourth-order valence-electron chi connectivity index (χ4n) is 8.57. The van der Waals surface area contributed by atoms with Gasteiger partial charge in [-0.1, -0.05) is 43.7 Å². The molecular formula is C31H36N4O2. The summed E-state index contributed by atoms with van der Waals surface area (Å²) in [5, 5.41) is 0. The van der Waals surface area contributed by atoms with Crippen molar-refractivity contribution in [3.05, 3.63) is 66.5 Å². The van der Waals surface area contributed by atoms with Crippen molar-refractivity contribution >= 4 is 22.8 Å². The fourth-order valence-corrected chi connectivity index (χ4v) is 8.57. The van der Waals surface area contributed by atoms with E-state index in [9.17, 15) is 4.79 Å². The number of carbonyl (C=O) groups excluding carboxylic acids is 1. The van der Waals surface area contributed by atoms with Crippen LogP contribution in [0.3, 0.4) is 0 Å². The van der Waals surface area contributed by atoms with Gasteiger partial charge in [0.25, 0.3) is 0 Å². The van der Waals surface area contributed by atoms with Gasteiger partial charge in [-0.3, -0.25) is 0 Å². The SMILES string of the molecule is Cc1nccn1C(=O)O[C@H]1CC[C@@]2(C)C(=CC[C@@H]3[C@@H]2CC[C@]2(C)C(n4cnc5ccccc54)=CC[C@@H]32)C1. The zero-order chi connectivity index (χ0) is 25.4. The molecule has 0 bridgehead atoms. The minimum atomic E-state index is -0.303. The molecule has 0 spiro atoms. The molecule has 2 aromatic heterocycles. The number of hydrogen-bond donors (Lipinski definition) is 0. The van der Waals surface area contributed by atoms with Crippen LogP contribution >= 0.6 is 0 Å². The summed E-state index contributed by atoms with van der Waals surface area (Å²) < 4.78 is 9.82. The van der Waals surface area contributed by atoms with E-state index < -0.39 is 0 Å². The van der Waals surface area contributed by atoms with E-state index in [2.05, 4.69) is 59.8 Å². The van der Waals surface area contributed by atoms with Gasteiger partial charge >= 0.3 is 6.09 Å². The normalized spacial score (nSPS) is 34.8. The molecule has 192 valence electrons. The Morgan fingerprint density at radius 1 is 1.03 bits per heavy atom. The highest BCUT2D eigenvalue weighted by Crippen LogP contribution is 2.65. The minimum Gasteiger partial charge on any atom is -0.445 e. The summed E-state index contributed by atoms with van der Waals surface area (Å²) in [5.41, 5.74) is 5.66. The standard InChI is InChI=1S/C31H36N4O2/c1-20-32-16-17-34(20)29(36)37-22-12-14-30(2)21(18-22)8-9-23-24-10-11-28(31(24,3)15-13-25(23)30)35-19-33-26-6-4-5-7-27(26)35/h4-8,11,16-17,19,22-25H,9-10,12-15,18H2,1-3H3/t22-,23-,24-,25-,30-,31-/m0/s1. The molecule has 2 saturated carbocycles. The van der Waals surface area contributed by atoms with Crippen LogP contribution in [0.1, 0.15) is 64.6 Å². The maximum atomic E-state index is 12.7. The summed E-state index contributed by atoms with van der Waals surface area (Å²) in [5.74, 6) is 2.73. The van der Waals surface area contributed by atoms with E-state index in [1.54, 1.807) is 12.4 Å². The van der Waals surface area contributed by atoms with Gasteiger partial charge in [0.2, 0.25) is 0 Å². The lowest BCUT2D eigenvalue weighted by Gasteiger charge is -2.57. The number of para-hydroxylation sites is 2. The Labute approximate surface area is 218 Å². The number of aromatic nitrogens is 4. The molecule has 0 aliphatic heterocycles. The monoisotopic (exact) mass is 496 g/mol. The first-order chi connectivity index (χ1) is 17.9. The van der Waals surface area contributed by atoms with Crippen LogP contribution in [-0.4, -0.2) is 31.3 Å². The summed E-state index contributed by atoms with van der Waals surface area (Å²) in [6.07, 6.45) is 17.7. The number of carbonyl (C=O) groups is 1. The number of benzene rings is 1. The van der Waals surface area contributed by atoms with Crippen molar-refractivity contribution in [2.24, 2.45) is 28.6 Å². The average molecular weight is 497 g/mol. The Hall–Kier alpha value is -3.15. The highest BCUT2D eigenvalue weighted by atomic mass is 16.6. The van der Waals surface area contributed by atoms with E-state index >= 15 is 0 Å². The van der Waals surface area contributed by atoms with Crippen LogP contribution in [-0.2, 0) is 4.74 Å². The number of rotatable bonds is 2. The molecule has 0 amide bonds. The molecule has 7 rings (SSSR count). The molecule has 0 radical (unpaired) electrons. The Balaban J connectivity index is 1.12. The molecule has 1 aromatic carbocycles. The second kappa shape index (κ2) is 8.17. The molecule has 3 aromatic rings. The summed E-state index contributed by atoms with van der Waals surface area (Å²) in [6.45, 7) is 6.85. The maximum Gasteiger partial charge on any atom is 0.419 e. The minimum absolute atomic E-state index is 0.0479. The molecule has 37 heavy (non-hydrogen) atoms. The van der Waals surface area contributed by atoms with Gasteiger partial charge in [-0.2, -0.15) is 0 Å². The van der Waals surface area contributed by atoms with Gasteiger partial charge in [-0.25, -0.2) is 19.3 Å². The van der Waals surface area contributed by atoms with Crippen molar-refractivity contribution in [1.29, 1.82) is 0 Å². The van der Waals surface area contributed by atoms with E-state index in [-0.39, 0.29) is 23.0 Å². The number of hydrogen-bond acceptors (Lipinski definition) is 4. The first-order valence-electron chi connectivity index (χ1n) is 13.9. The van der Waals surface area contributed by atoms with Gasteiger partial charge in [0.05, 0.1) is 11.0 Å². The van der Waals surface area contributed by atoms with E-state index in [1.165, 1.54) is 34.2 Å². The van der Waals surface area contributed by atoms with E-state index in [0.717, 1.165) is 37.6 Å². The topological polar surface area (TPSA) is 61.9 Å². The van der Waals surface area contributed by atoms with Crippen LogP contribution in [0.4, 0.5) is 4.79 Å². The van der Waals surface area contributed by atoms with Gasteiger partial charge in [0.1, 0.15) is 18.3 Å². The molecule has 6 atom stereocenters. The van der Waals surface area contributed by atoms with Gasteiger partial charge in [0, 0.05) is 29.9 Å². The van der Waals surface area contributed by atoms with Crippen molar-refractivity contribution in [1.82, 2.24) is 19.1 Å². The van der Waals surface area contributed by atoms with Crippen molar-refractivity contribution in [3.8, 4) is 0 Å². The van der Waals surface area contributed by atoms with Crippen LogP contribution in [0.2, 0.25) is 0 Å². The summed E-state index contributed by atoms with van der Waals surface area (Å²) in [6, 6.07) is 8.49. The highest BCUT2D eigenvalue weighted by molar-refractivity contribution is 5.80. The predicted octanol–water partition coefficient (Wildman–Crippen LogP) is 7.01. The number of ether oxygens (including phenoxy) is 1. The molecule has 0 saturated heterocycles. The van der Waals surface area contributed by atoms with Crippen molar-refractivity contribution in [2.75, 3.05) is 0 Å². The van der Waals surface area contributed by atoms with Crippen LogP contribution in [0.15, 0.2) is 60.7 Å². The lowest BCUT2D eigenvalue weighted by atomic mass is 9.48. The number of nitrogens with zero attached hydrogens (tertiary/aromatic N) is 4. The second-order valence-corrected chi connectivity index (χ2v) is 12.2. The van der Waals surface area contributed by atoms with Gasteiger partial charge in [-0.05, 0) is 80.8 Å². The Morgan fingerprint density at radius 2 is 1.86 bits per heavy atom. The van der Waals surface area contributed by atoms with Crippen LogP contribution < -0.4 is 0 Å². The first-order valence-corrected chi connectivity index (χ1v) is 13.9. The molecule has 4 aliphatic rings. The molecule has 0 N–H and O–H groups in total. The molecule has 2 heterocycles. The molecule has 2 fully saturated rings. The zero-order valence-corrected chi connectivity index (χ0v) is 22.1. The lowest BCUT2D eigenvalue weighted by molar-refractivity contribution is -0.0271. The summed E-state index contributed by atoms with van der Waals surface area (Å²) in [7, 11) is 0. The van der Waals surface area contributed by atoms with E-state index in [4.69, 9.17) is 9.72 Å². The maximum absolute atomic E-state index is 12.7. The van der Waals surface area contributed by atoms with Gasteiger partial charge < -0.3 is 9.30 Å². The largest absolute Gasteiger partial charge is 0.445 e. The Morgan fingerprint density at radius 3 is 2.70 bits per heavy atom. The molecule has 6 heteroatoms. The first kappa shape index (κ1) is 23.0. The van der Waals surface area contributed by atoms with Crippen LogP contribution in [0, 0.1) is 35.5 Å². The number of fused-ring (bicyclic) bond motifs is 6. The zero-order valence-electron chi connectivity index (χ0n) is 22.1. The Bertz CT molecular complexity index is 1450. The smallest absolute Gasteiger partial charge is 0.419 e. The summed E-state index contributed by atoms with van der Waals surface area (Å²) in [4.78, 5) is 21.6. The highest BCUT2D eigenvalue weighted by Gasteiger charge is 2.57. The number of allylic oxidation sites excluding steroid dienone is 3. The number of aryl methyl sites for hydroxylation is 1.